The summed E-state index contributed by atoms with van der Waals surface area (Å²) < 4.78 is 0. The molecule has 0 saturated carbocycles. The molecule has 4 heteroatoms. The Bertz CT molecular complexity index is 268. The number of hydrogen-bond acceptors (Lipinski definition) is 0. The van der Waals surface area contributed by atoms with E-state index in [1.807, 2.05) is 0 Å². The van der Waals surface area contributed by atoms with E-state index >= 15 is 0 Å². The zero-order valence-electron chi connectivity index (χ0n) is 15.3. The molecule has 0 bridgehead atoms. The van der Waals surface area contributed by atoms with E-state index in [4.69, 9.17) is 20.0 Å². The van der Waals surface area contributed by atoms with Gasteiger partial charge in [0.05, 0.1) is 0 Å². The second kappa shape index (κ2) is 7.92. The molecule has 0 spiro atoms. The molecule has 120 valence electrons. The predicted octanol–water partition coefficient (Wildman–Crippen LogP) is 6.81. The van der Waals surface area contributed by atoms with Crippen LogP contribution in [0.25, 0.3) is 0 Å². The number of rotatable bonds is 2. The van der Waals surface area contributed by atoms with Gasteiger partial charge < -0.3 is 0 Å². The summed E-state index contributed by atoms with van der Waals surface area (Å²) in [7, 11) is 3.76. The Morgan fingerprint density at radius 2 is 0.950 bits per heavy atom. The molecule has 0 atom stereocenters. The van der Waals surface area contributed by atoms with E-state index in [1.165, 1.54) is 0 Å². The summed E-state index contributed by atoms with van der Waals surface area (Å²) in [5, 5.41) is 0.422. The van der Waals surface area contributed by atoms with Crippen molar-refractivity contribution >= 4 is 49.5 Å². The fourth-order valence-corrected chi connectivity index (χ4v) is 7.94. The van der Waals surface area contributed by atoms with Crippen molar-refractivity contribution < 1.29 is 0 Å². The van der Waals surface area contributed by atoms with Crippen LogP contribution in [0.5, 0.6) is 0 Å². The Labute approximate surface area is 151 Å². The summed E-state index contributed by atoms with van der Waals surface area (Å²) in [5.74, 6) is 0.600. The van der Waals surface area contributed by atoms with E-state index in [2.05, 4.69) is 76.2 Å². The van der Waals surface area contributed by atoms with Crippen molar-refractivity contribution in [3.05, 3.63) is 0 Å². The second-order valence-electron chi connectivity index (χ2n) is 9.45. The van der Waals surface area contributed by atoms with E-state index < -0.39 is 8.11 Å². The second-order valence-corrected chi connectivity index (χ2v) is 14.0. The zero-order valence-corrected chi connectivity index (χ0v) is 20.7. The van der Waals surface area contributed by atoms with Gasteiger partial charge in [-0.1, -0.05) is 76.2 Å². The predicted molar refractivity (Wildman–Crippen MR) is 99.4 cm³/mol. The number of halogens is 2. The van der Waals surface area contributed by atoms with Crippen LogP contribution in [0, 0.1) is 16.7 Å². The van der Waals surface area contributed by atoms with Gasteiger partial charge in [-0.3, -0.25) is 0 Å². The van der Waals surface area contributed by atoms with E-state index in [1.54, 1.807) is 0 Å². The first-order chi connectivity index (χ1) is 8.52. The van der Waals surface area contributed by atoms with Crippen molar-refractivity contribution in [2.45, 2.75) is 86.2 Å². The fourth-order valence-electron chi connectivity index (χ4n) is 4.56. The van der Waals surface area contributed by atoms with Crippen molar-refractivity contribution in [3.63, 3.8) is 0 Å². The molecule has 0 fully saturated rings. The standard InChI is InChI=1S/C16H34ClSi.ClH.Sn/c1-13(2,3)12(14(4,5)6)16(10,11)18(17)15(7,8)9;;/h12H,1-11H3;1H;/q;;+1/p-1. The molecule has 0 nitrogen and oxygen atoms in total. The zero-order chi connectivity index (χ0) is 17.2. The van der Waals surface area contributed by atoms with Crippen molar-refractivity contribution in [1.82, 2.24) is 0 Å². The Hall–Kier alpha value is 1.60. The normalized spacial score (nSPS) is 14.4. The summed E-state index contributed by atoms with van der Waals surface area (Å²) in [6.45, 7) is 25.8. The van der Waals surface area contributed by atoms with Crippen LogP contribution in [0.2, 0.25) is 10.1 Å². The molecule has 0 rings (SSSR count). The van der Waals surface area contributed by atoms with Gasteiger partial charge in [0.15, 0.2) is 8.11 Å². The third-order valence-electron chi connectivity index (χ3n) is 3.68. The van der Waals surface area contributed by atoms with Crippen LogP contribution in [0.4, 0.5) is 0 Å². The number of hydrogen-bond donors (Lipinski definition) is 0. The van der Waals surface area contributed by atoms with E-state index in [0.29, 0.717) is 5.92 Å². The quantitative estimate of drug-likeness (QED) is 0.324. The Kier molecular flexibility index (Phi) is 9.45. The first-order valence-corrected chi connectivity index (χ1v) is 13.4. The van der Waals surface area contributed by atoms with Gasteiger partial charge in [0.2, 0.25) is 0 Å². The SMILES string of the molecule is CC(C)(C)C(C(C)(C)C)C(C)(C)[Si](Cl)C(C)(C)C.[Cl][Sn]. The molecule has 20 heavy (non-hydrogen) atoms. The van der Waals surface area contributed by atoms with Gasteiger partial charge in [-0.25, -0.2) is 0 Å². The van der Waals surface area contributed by atoms with Gasteiger partial charge in [0, 0.05) is 0 Å². The first-order valence-electron chi connectivity index (χ1n) is 7.24. The van der Waals surface area contributed by atoms with E-state index in [-0.39, 0.29) is 20.9 Å². The Balaban J connectivity index is 0. The Morgan fingerprint density at radius 1 is 0.700 bits per heavy atom. The average molecular weight is 444 g/mol. The summed E-state index contributed by atoms with van der Waals surface area (Å²) in [5.41, 5.74) is 0.551. The van der Waals surface area contributed by atoms with Crippen molar-refractivity contribution in [3.8, 4) is 0 Å². The van der Waals surface area contributed by atoms with Crippen molar-refractivity contribution in [1.29, 1.82) is 0 Å². The minimum atomic E-state index is -0.973. The maximum absolute atomic E-state index is 6.96. The molecule has 0 saturated heterocycles. The molecule has 0 amide bonds. The van der Waals surface area contributed by atoms with Gasteiger partial charge in [-0.05, 0) is 26.8 Å². The summed E-state index contributed by atoms with van der Waals surface area (Å²) in [6, 6.07) is 0. The summed E-state index contributed by atoms with van der Waals surface area (Å²) in [4.78, 5) is 0. The van der Waals surface area contributed by atoms with Crippen LogP contribution in [0.15, 0.2) is 0 Å². The van der Waals surface area contributed by atoms with Crippen LogP contribution in [0.1, 0.15) is 76.2 Å². The molecular weight excluding hydrogens is 410 g/mol. The third-order valence-corrected chi connectivity index (χ3v) is 9.58. The molecular formula is C16H34Cl2SiSn. The van der Waals surface area contributed by atoms with Crippen LogP contribution >= 0.6 is 20.0 Å². The van der Waals surface area contributed by atoms with Crippen molar-refractivity contribution in [2.75, 3.05) is 0 Å². The summed E-state index contributed by atoms with van der Waals surface area (Å²) in [6.07, 6.45) is 0. The Morgan fingerprint density at radius 3 is 1.10 bits per heavy atom. The monoisotopic (exact) mass is 444 g/mol. The summed E-state index contributed by atoms with van der Waals surface area (Å²) >= 11 is 7.98. The molecule has 0 aliphatic rings. The first kappa shape index (κ1) is 23.9. The molecule has 0 N–H and O–H groups in total. The van der Waals surface area contributed by atoms with Gasteiger partial charge in [-0.15, -0.1) is 0 Å². The molecule has 0 aliphatic carbocycles. The molecule has 0 aromatic heterocycles. The average Bonchev–Trinajstić information content (AvgIpc) is 2.12. The van der Waals surface area contributed by atoms with Gasteiger partial charge >= 0.3 is 30.3 Å². The molecule has 0 unspecified atom stereocenters. The van der Waals surface area contributed by atoms with E-state index in [9.17, 15) is 0 Å². The van der Waals surface area contributed by atoms with Gasteiger partial charge in [0.1, 0.15) is 0 Å². The van der Waals surface area contributed by atoms with Crippen LogP contribution in [-0.4, -0.2) is 29.5 Å². The van der Waals surface area contributed by atoms with E-state index in [0.717, 1.165) is 21.4 Å². The van der Waals surface area contributed by atoms with Gasteiger partial charge in [0.25, 0.3) is 0 Å². The maximum atomic E-state index is 6.96. The minimum absolute atomic E-state index is 0.195. The molecule has 4 radical (unpaired) electrons. The molecule has 0 heterocycles. The third kappa shape index (κ3) is 6.79. The van der Waals surface area contributed by atoms with Crippen LogP contribution in [-0.2, 0) is 0 Å². The van der Waals surface area contributed by atoms with Crippen molar-refractivity contribution in [2.24, 2.45) is 16.7 Å². The van der Waals surface area contributed by atoms with Crippen LogP contribution in [0.3, 0.4) is 0 Å². The molecule has 0 aliphatic heterocycles. The van der Waals surface area contributed by atoms with Gasteiger partial charge in [-0.2, -0.15) is 11.1 Å². The van der Waals surface area contributed by atoms with Crippen LogP contribution < -0.4 is 0 Å². The molecule has 0 aromatic carbocycles. The molecule has 0 aromatic rings. The topological polar surface area (TPSA) is 0 Å². The fraction of sp³-hybridized carbons (Fsp3) is 1.00.